The van der Waals surface area contributed by atoms with Crippen LogP contribution in [0.25, 0.3) is 0 Å². The highest BCUT2D eigenvalue weighted by atomic mass is 79.9. The van der Waals surface area contributed by atoms with Gasteiger partial charge in [0.2, 0.25) is 0 Å². The fourth-order valence-corrected chi connectivity index (χ4v) is 2.59. The van der Waals surface area contributed by atoms with Crippen LogP contribution in [0.1, 0.15) is 25.0 Å². The topological polar surface area (TPSA) is 45.6 Å². The van der Waals surface area contributed by atoms with E-state index >= 15 is 0 Å². The highest BCUT2D eigenvalue weighted by Gasteiger charge is 2.03. The van der Waals surface area contributed by atoms with Crippen molar-refractivity contribution in [3.8, 4) is 5.75 Å². The number of nitrogens with zero attached hydrogens (tertiary/aromatic N) is 1. The maximum Gasteiger partial charge on any atom is 0.187 e. The van der Waals surface area contributed by atoms with E-state index in [0.29, 0.717) is 24.2 Å². The number of thiocarbonyl (C=S) groups is 1. The predicted octanol–water partition coefficient (Wildman–Crippen LogP) is 4.48. The first-order valence-corrected chi connectivity index (χ1v) is 9.28. The molecule has 0 heterocycles. The first-order chi connectivity index (χ1) is 12.0. The molecule has 2 rings (SSSR count). The molecule has 0 aliphatic carbocycles. The smallest absolute Gasteiger partial charge is 0.187 e. The van der Waals surface area contributed by atoms with Gasteiger partial charge in [-0.05, 0) is 63.4 Å². The van der Waals surface area contributed by atoms with Gasteiger partial charge in [-0.3, -0.25) is 5.43 Å². The molecule has 0 fully saturated rings. The minimum Gasteiger partial charge on any atom is -0.492 e. The molecule has 0 aliphatic rings. The summed E-state index contributed by atoms with van der Waals surface area (Å²) < 4.78 is 6.64. The molecule has 0 bridgehead atoms. The number of hydrazone groups is 1. The Morgan fingerprint density at radius 2 is 2.00 bits per heavy atom. The zero-order chi connectivity index (χ0) is 18.1. The largest absolute Gasteiger partial charge is 0.492 e. The van der Waals surface area contributed by atoms with Crippen LogP contribution in [0.5, 0.6) is 5.75 Å². The van der Waals surface area contributed by atoms with E-state index in [1.54, 1.807) is 6.21 Å². The van der Waals surface area contributed by atoms with Crippen LogP contribution < -0.4 is 15.5 Å². The summed E-state index contributed by atoms with van der Waals surface area (Å²) in [5.41, 5.74) is 4.93. The second kappa shape index (κ2) is 10.2. The van der Waals surface area contributed by atoms with Crippen molar-refractivity contribution in [2.24, 2.45) is 11.0 Å². The summed E-state index contributed by atoms with van der Waals surface area (Å²) in [7, 11) is 0. The van der Waals surface area contributed by atoms with Crippen LogP contribution in [-0.2, 0) is 6.54 Å². The SMILES string of the molecule is CC(C)COc1ccc(/C=N\NC(=S)NCc2ccccc2)cc1Br. The molecule has 132 valence electrons. The van der Waals surface area contributed by atoms with Crippen LogP contribution in [0.4, 0.5) is 0 Å². The molecule has 25 heavy (non-hydrogen) atoms. The number of hydrogen-bond donors (Lipinski definition) is 2. The zero-order valence-corrected chi connectivity index (χ0v) is 16.7. The number of ether oxygens (including phenoxy) is 1. The Morgan fingerprint density at radius 3 is 2.68 bits per heavy atom. The summed E-state index contributed by atoms with van der Waals surface area (Å²) >= 11 is 8.73. The number of rotatable bonds is 7. The van der Waals surface area contributed by atoms with Crippen molar-refractivity contribution in [3.05, 3.63) is 64.1 Å². The van der Waals surface area contributed by atoms with E-state index in [2.05, 4.69) is 45.6 Å². The van der Waals surface area contributed by atoms with Gasteiger partial charge in [-0.25, -0.2) is 0 Å². The molecule has 0 unspecified atom stereocenters. The third-order valence-electron chi connectivity index (χ3n) is 3.20. The van der Waals surface area contributed by atoms with Crippen molar-refractivity contribution in [2.45, 2.75) is 20.4 Å². The van der Waals surface area contributed by atoms with Gasteiger partial charge in [-0.2, -0.15) is 5.10 Å². The summed E-state index contributed by atoms with van der Waals surface area (Å²) in [6.45, 7) is 5.59. The van der Waals surface area contributed by atoms with Crippen molar-refractivity contribution in [1.82, 2.24) is 10.7 Å². The molecule has 0 radical (unpaired) electrons. The number of nitrogens with one attached hydrogen (secondary N) is 2. The van der Waals surface area contributed by atoms with E-state index in [1.165, 1.54) is 0 Å². The molecule has 2 aromatic rings. The predicted molar refractivity (Wildman–Crippen MR) is 111 cm³/mol. The average molecular weight is 420 g/mol. The van der Waals surface area contributed by atoms with E-state index in [4.69, 9.17) is 17.0 Å². The Labute approximate surface area is 162 Å². The lowest BCUT2D eigenvalue weighted by molar-refractivity contribution is 0.269. The second-order valence-corrected chi connectivity index (χ2v) is 7.20. The Balaban J connectivity index is 1.81. The van der Waals surface area contributed by atoms with Gasteiger partial charge in [-0.1, -0.05) is 44.2 Å². The quantitative estimate of drug-likeness (QED) is 0.394. The molecule has 0 spiro atoms. The molecule has 6 heteroatoms. The minimum absolute atomic E-state index is 0.482. The molecule has 0 atom stereocenters. The first-order valence-electron chi connectivity index (χ1n) is 8.08. The van der Waals surface area contributed by atoms with Crippen molar-refractivity contribution < 1.29 is 4.74 Å². The van der Waals surface area contributed by atoms with Crippen LogP contribution in [0, 0.1) is 5.92 Å². The molecule has 0 aliphatic heterocycles. The third kappa shape index (κ3) is 7.23. The fraction of sp³-hybridized carbons (Fsp3) is 0.263. The van der Waals surface area contributed by atoms with Crippen LogP contribution in [-0.4, -0.2) is 17.9 Å². The van der Waals surface area contributed by atoms with E-state index in [1.807, 2.05) is 48.5 Å². The van der Waals surface area contributed by atoms with E-state index in [9.17, 15) is 0 Å². The molecular weight excluding hydrogens is 398 g/mol. The Hall–Kier alpha value is -1.92. The number of hydrogen-bond acceptors (Lipinski definition) is 3. The van der Waals surface area contributed by atoms with Crippen LogP contribution in [0.3, 0.4) is 0 Å². The molecule has 0 aromatic heterocycles. The van der Waals surface area contributed by atoms with Gasteiger partial charge in [0.25, 0.3) is 0 Å². The lowest BCUT2D eigenvalue weighted by Gasteiger charge is -2.10. The van der Waals surface area contributed by atoms with Crippen molar-refractivity contribution >= 4 is 39.5 Å². The maximum atomic E-state index is 5.73. The number of benzene rings is 2. The monoisotopic (exact) mass is 419 g/mol. The molecule has 0 amide bonds. The normalized spacial score (nSPS) is 10.9. The molecular formula is C19H22BrN3OS. The van der Waals surface area contributed by atoms with Crippen LogP contribution in [0.15, 0.2) is 58.1 Å². The zero-order valence-electron chi connectivity index (χ0n) is 14.3. The van der Waals surface area contributed by atoms with Gasteiger partial charge in [0.15, 0.2) is 5.11 Å². The van der Waals surface area contributed by atoms with Gasteiger partial charge >= 0.3 is 0 Å². The Kier molecular flexibility index (Phi) is 7.88. The maximum absolute atomic E-state index is 5.73. The summed E-state index contributed by atoms with van der Waals surface area (Å²) in [6, 6.07) is 15.9. The van der Waals surface area contributed by atoms with Gasteiger partial charge in [0, 0.05) is 6.54 Å². The second-order valence-electron chi connectivity index (χ2n) is 5.93. The van der Waals surface area contributed by atoms with E-state index < -0.39 is 0 Å². The molecule has 0 saturated heterocycles. The Bertz CT molecular complexity index is 720. The Morgan fingerprint density at radius 1 is 1.24 bits per heavy atom. The van der Waals surface area contributed by atoms with E-state index in [-0.39, 0.29) is 0 Å². The third-order valence-corrected chi connectivity index (χ3v) is 4.06. The van der Waals surface area contributed by atoms with Crippen molar-refractivity contribution in [2.75, 3.05) is 6.61 Å². The van der Waals surface area contributed by atoms with Crippen LogP contribution >= 0.6 is 28.1 Å². The average Bonchev–Trinajstić information content (AvgIpc) is 2.60. The minimum atomic E-state index is 0.482. The lowest BCUT2D eigenvalue weighted by Crippen LogP contribution is -2.31. The standard InChI is InChI=1S/C19H22BrN3OS/c1-14(2)13-24-18-9-8-16(10-17(18)20)12-22-23-19(25)21-11-15-6-4-3-5-7-15/h3-10,12,14H,11,13H2,1-2H3,(H2,21,23,25)/b22-12-. The van der Waals surface area contributed by atoms with Gasteiger partial charge in [0.1, 0.15) is 5.75 Å². The number of halogens is 1. The molecule has 2 N–H and O–H groups in total. The van der Waals surface area contributed by atoms with Gasteiger partial charge in [-0.15, -0.1) is 0 Å². The van der Waals surface area contributed by atoms with Crippen LogP contribution in [0.2, 0.25) is 0 Å². The summed E-state index contributed by atoms with van der Waals surface area (Å²) in [4.78, 5) is 0. The first kappa shape index (κ1) is 19.4. The summed E-state index contributed by atoms with van der Waals surface area (Å²) in [5, 5.41) is 7.75. The molecule has 4 nitrogen and oxygen atoms in total. The highest BCUT2D eigenvalue weighted by molar-refractivity contribution is 9.10. The van der Waals surface area contributed by atoms with Gasteiger partial charge < -0.3 is 10.1 Å². The highest BCUT2D eigenvalue weighted by Crippen LogP contribution is 2.25. The summed E-state index contributed by atoms with van der Waals surface area (Å²) in [5.74, 6) is 1.32. The molecule has 2 aromatic carbocycles. The van der Waals surface area contributed by atoms with Crippen molar-refractivity contribution in [3.63, 3.8) is 0 Å². The van der Waals surface area contributed by atoms with E-state index in [0.717, 1.165) is 21.3 Å². The summed E-state index contributed by atoms with van der Waals surface area (Å²) in [6.07, 6.45) is 1.72. The fourth-order valence-electron chi connectivity index (χ4n) is 1.95. The van der Waals surface area contributed by atoms with Gasteiger partial charge in [0.05, 0.1) is 17.3 Å². The van der Waals surface area contributed by atoms with Crippen molar-refractivity contribution in [1.29, 1.82) is 0 Å². The lowest BCUT2D eigenvalue weighted by atomic mass is 10.2. The molecule has 0 saturated carbocycles.